The fourth-order valence-corrected chi connectivity index (χ4v) is 3.52. The number of nitrogens with zero attached hydrogens (tertiary/aromatic N) is 1. The van der Waals surface area contributed by atoms with Crippen LogP contribution < -0.4 is 0 Å². The van der Waals surface area contributed by atoms with E-state index in [4.69, 9.17) is 0 Å². The van der Waals surface area contributed by atoms with Gasteiger partial charge in [0.05, 0.1) is 4.91 Å². The number of hydrogen-bond donors (Lipinski definition) is 0. The molecule has 0 aromatic rings. The first-order chi connectivity index (χ1) is 9.63. The number of rotatable bonds is 8. The lowest BCUT2D eigenvalue weighted by Crippen LogP contribution is -2.39. The maximum atomic E-state index is 12.5. The molecule has 0 fully saturated rings. The third-order valence-corrected chi connectivity index (χ3v) is 4.80. The number of ketones is 1. The third-order valence-electron chi connectivity index (χ3n) is 3.71. The zero-order chi connectivity index (χ0) is 15.0. The molecular weight excluding hydrogens is 270 g/mol. The summed E-state index contributed by atoms with van der Waals surface area (Å²) >= 11 is 1.55. The average Bonchev–Trinajstić information content (AvgIpc) is 2.55. The minimum atomic E-state index is 0.0469. The molecule has 1 heterocycles. The van der Waals surface area contributed by atoms with Gasteiger partial charge in [-0.2, -0.15) is 0 Å². The Morgan fingerprint density at radius 2 is 1.95 bits per heavy atom. The van der Waals surface area contributed by atoms with Crippen LogP contribution in [0.3, 0.4) is 0 Å². The average molecular weight is 297 g/mol. The number of carbonyl (C=O) groups excluding carboxylic acids is 2. The number of thioether (sulfide) groups is 1. The van der Waals surface area contributed by atoms with Crippen molar-refractivity contribution < 1.29 is 9.59 Å². The highest BCUT2D eigenvalue weighted by atomic mass is 32.2. The maximum absolute atomic E-state index is 12.5. The van der Waals surface area contributed by atoms with Crippen LogP contribution in [0.25, 0.3) is 0 Å². The second kappa shape index (κ2) is 9.22. The molecule has 20 heavy (non-hydrogen) atoms. The van der Waals surface area contributed by atoms with Gasteiger partial charge in [-0.1, -0.05) is 33.1 Å². The third kappa shape index (κ3) is 4.97. The summed E-state index contributed by atoms with van der Waals surface area (Å²) in [5.41, 5.74) is 0. The molecule has 1 unspecified atom stereocenters. The van der Waals surface area contributed by atoms with Gasteiger partial charge in [-0.15, -0.1) is 11.8 Å². The molecule has 0 N–H and O–H groups in total. The summed E-state index contributed by atoms with van der Waals surface area (Å²) in [6.07, 6.45) is 7.65. The summed E-state index contributed by atoms with van der Waals surface area (Å²) in [6.45, 7) is 6.89. The molecule has 0 radical (unpaired) electrons. The zero-order valence-electron chi connectivity index (χ0n) is 13.0. The number of allylic oxidation sites excluding steroid dienone is 1. The normalized spacial score (nSPS) is 20.1. The minimum Gasteiger partial charge on any atom is -0.335 e. The number of hydrogen-bond acceptors (Lipinski definition) is 3. The van der Waals surface area contributed by atoms with Crippen LogP contribution in [0, 0.1) is 0 Å². The van der Waals surface area contributed by atoms with Crippen LogP contribution in [-0.4, -0.2) is 34.9 Å². The molecule has 114 valence electrons. The van der Waals surface area contributed by atoms with Gasteiger partial charge in [0, 0.05) is 25.1 Å². The van der Waals surface area contributed by atoms with Gasteiger partial charge < -0.3 is 4.90 Å². The Morgan fingerprint density at radius 1 is 1.20 bits per heavy atom. The summed E-state index contributed by atoms with van der Waals surface area (Å²) in [6, 6.07) is 0.0643. The second-order valence-electron chi connectivity index (χ2n) is 5.24. The standard InChI is InChI=1S/C16H27NO2S/c1-4-7-8-9-10-20-15-12-14(18)11-13(5-2)17(6-3)16(15)19/h12-13H,4-11H2,1-3H3. The van der Waals surface area contributed by atoms with Crippen LogP contribution in [-0.2, 0) is 9.59 Å². The van der Waals surface area contributed by atoms with E-state index in [1.165, 1.54) is 19.3 Å². The van der Waals surface area contributed by atoms with Crippen LogP contribution in [0.1, 0.15) is 59.3 Å². The van der Waals surface area contributed by atoms with Crippen molar-refractivity contribution in [1.82, 2.24) is 4.90 Å². The molecule has 4 heteroatoms. The van der Waals surface area contributed by atoms with Crippen molar-refractivity contribution in [2.75, 3.05) is 12.3 Å². The second-order valence-corrected chi connectivity index (χ2v) is 6.38. The largest absolute Gasteiger partial charge is 0.335 e. The maximum Gasteiger partial charge on any atom is 0.260 e. The van der Waals surface area contributed by atoms with Crippen LogP contribution in [0.2, 0.25) is 0 Å². The van der Waals surface area contributed by atoms with E-state index in [-0.39, 0.29) is 17.7 Å². The van der Waals surface area contributed by atoms with Gasteiger partial charge in [-0.3, -0.25) is 9.59 Å². The van der Waals surface area contributed by atoms with Crippen molar-refractivity contribution in [3.05, 3.63) is 11.0 Å². The Morgan fingerprint density at radius 3 is 2.55 bits per heavy atom. The summed E-state index contributed by atoms with van der Waals surface area (Å²) in [5, 5.41) is 0. The highest BCUT2D eigenvalue weighted by molar-refractivity contribution is 8.04. The van der Waals surface area contributed by atoms with E-state index in [0.29, 0.717) is 17.9 Å². The lowest BCUT2D eigenvalue weighted by Gasteiger charge is -2.28. The molecular formula is C16H27NO2S. The van der Waals surface area contributed by atoms with E-state index in [9.17, 15) is 9.59 Å². The van der Waals surface area contributed by atoms with Gasteiger partial charge in [0.1, 0.15) is 0 Å². The van der Waals surface area contributed by atoms with Gasteiger partial charge in [0.2, 0.25) is 0 Å². The van der Waals surface area contributed by atoms with Gasteiger partial charge in [-0.05, 0) is 25.5 Å². The molecule has 0 aliphatic carbocycles. The topological polar surface area (TPSA) is 37.4 Å². The van der Waals surface area contributed by atoms with Gasteiger partial charge in [-0.25, -0.2) is 0 Å². The highest BCUT2D eigenvalue weighted by Gasteiger charge is 2.29. The van der Waals surface area contributed by atoms with Gasteiger partial charge in [0.15, 0.2) is 5.78 Å². The summed E-state index contributed by atoms with van der Waals surface area (Å²) in [7, 11) is 0. The number of unbranched alkanes of at least 4 members (excludes halogenated alkanes) is 3. The van der Waals surface area contributed by atoms with Crippen LogP contribution in [0.5, 0.6) is 0 Å². The van der Waals surface area contributed by atoms with Gasteiger partial charge in [0.25, 0.3) is 5.91 Å². The van der Waals surface area contributed by atoms with Crippen molar-refractivity contribution in [3.63, 3.8) is 0 Å². The molecule has 0 aromatic carbocycles. The fraction of sp³-hybridized carbons (Fsp3) is 0.750. The van der Waals surface area contributed by atoms with Crippen molar-refractivity contribution >= 4 is 23.5 Å². The molecule has 1 amide bonds. The van der Waals surface area contributed by atoms with Gasteiger partial charge >= 0.3 is 0 Å². The first-order valence-corrected chi connectivity index (χ1v) is 8.80. The van der Waals surface area contributed by atoms with E-state index in [2.05, 4.69) is 6.92 Å². The highest BCUT2D eigenvalue weighted by Crippen LogP contribution is 2.26. The number of amides is 1. The smallest absolute Gasteiger partial charge is 0.260 e. The summed E-state index contributed by atoms with van der Waals surface area (Å²) in [4.78, 5) is 26.9. The van der Waals surface area contributed by atoms with E-state index in [1.807, 2.05) is 18.7 Å². The Kier molecular flexibility index (Phi) is 7.97. The van der Waals surface area contributed by atoms with Crippen LogP contribution in [0.4, 0.5) is 0 Å². The molecule has 0 aromatic heterocycles. The summed E-state index contributed by atoms with van der Waals surface area (Å²) in [5.74, 6) is 1.07. The molecule has 1 aliphatic heterocycles. The van der Waals surface area contributed by atoms with E-state index >= 15 is 0 Å². The zero-order valence-corrected chi connectivity index (χ0v) is 13.8. The molecule has 1 atom stereocenters. The predicted molar refractivity (Wildman–Crippen MR) is 85.8 cm³/mol. The molecule has 1 aliphatic rings. The summed E-state index contributed by atoms with van der Waals surface area (Å²) < 4.78 is 0. The van der Waals surface area contributed by atoms with Crippen molar-refractivity contribution in [3.8, 4) is 0 Å². The Hall–Kier alpha value is -0.770. The molecule has 3 nitrogen and oxygen atoms in total. The number of carbonyl (C=O) groups is 2. The SMILES string of the molecule is CCCCCCSC1=CC(=O)CC(CC)N(CC)C1=O. The molecule has 0 bridgehead atoms. The van der Waals surface area contributed by atoms with Crippen molar-refractivity contribution in [2.45, 2.75) is 65.3 Å². The van der Waals surface area contributed by atoms with E-state index in [1.54, 1.807) is 17.8 Å². The molecule has 0 saturated carbocycles. The van der Waals surface area contributed by atoms with E-state index < -0.39 is 0 Å². The Labute approximate surface area is 127 Å². The monoisotopic (exact) mass is 297 g/mol. The van der Waals surface area contributed by atoms with Crippen LogP contribution in [0.15, 0.2) is 11.0 Å². The van der Waals surface area contributed by atoms with Crippen molar-refractivity contribution in [1.29, 1.82) is 0 Å². The first-order valence-electron chi connectivity index (χ1n) is 7.82. The number of likely N-dealkylation sites (N-methyl/N-ethyl adjacent to an activating group) is 1. The lowest BCUT2D eigenvalue weighted by molar-refractivity contribution is -0.128. The quantitative estimate of drug-likeness (QED) is 0.640. The molecule has 1 rings (SSSR count). The predicted octanol–water partition coefficient (Wildman–Crippen LogP) is 3.78. The Balaban J connectivity index is 2.63. The fourth-order valence-electron chi connectivity index (χ4n) is 2.50. The first kappa shape index (κ1) is 17.3. The molecule has 0 spiro atoms. The van der Waals surface area contributed by atoms with E-state index in [0.717, 1.165) is 18.6 Å². The molecule has 0 saturated heterocycles. The van der Waals surface area contributed by atoms with Crippen LogP contribution >= 0.6 is 11.8 Å². The minimum absolute atomic E-state index is 0.0469. The van der Waals surface area contributed by atoms with Crippen molar-refractivity contribution in [2.24, 2.45) is 0 Å². The Bertz CT molecular complexity index is 365. The lowest BCUT2D eigenvalue weighted by atomic mass is 10.1.